The molecule has 2 unspecified atom stereocenters. The van der Waals surface area contributed by atoms with E-state index in [-0.39, 0.29) is 17.9 Å². The van der Waals surface area contributed by atoms with E-state index in [2.05, 4.69) is 5.32 Å². The Kier molecular flexibility index (Phi) is 4.70. The lowest BCUT2D eigenvalue weighted by Crippen LogP contribution is -2.38. The minimum absolute atomic E-state index is 0.286. The molecule has 1 aromatic carbocycles. The summed E-state index contributed by atoms with van der Waals surface area (Å²) in [5.74, 6) is -1.03. The van der Waals surface area contributed by atoms with Gasteiger partial charge < -0.3 is 10.1 Å². The van der Waals surface area contributed by atoms with Crippen LogP contribution in [0.1, 0.15) is 64.1 Å². The van der Waals surface area contributed by atoms with E-state index in [4.69, 9.17) is 10.00 Å². The minimum Gasteiger partial charge on any atom is -0.459 e. The average molecular weight is 328 g/mol. The normalized spacial score (nSPS) is 20.0. The number of fused-ring (bicyclic) bond motifs is 1. The largest absolute Gasteiger partial charge is 0.459 e. The van der Waals surface area contributed by atoms with Crippen LogP contribution in [-0.4, -0.2) is 17.5 Å². The lowest BCUT2D eigenvalue weighted by Gasteiger charge is -2.23. The predicted octanol–water partition coefficient (Wildman–Crippen LogP) is 3.22. The molecule has 0 aromatic heterocycles. The number of hydrogen-bond donors (Lipinski definition) is 1. The summed E-state index contributed by atoms with van der Waals surface area (Å²) in [7, 11) is 0. The third-order valence-corrected chi connectivity index (χ3v) is 4.06. The van der Waals surface area contributed by atoms with Gasteiger partial charge in [0, 0.05) is 0 Å². The molecule has 128 valence electrons. The minimum atomic E-state index is -1.11. The van der Waals surface area contributed by atoms with Crippen molar-refractivity contribution in [1.82, 2.24) is 5.32 Å². The quantitative estimate of drug-likeness (QED) is 0.864. The van der Waals surface area contributed by atoms with Gasteiger partial charge in [0.2, 0.25) is 5.91 Å². The van der Waals surface area contributed by atoms with E-state index in [1.165, 1.54) is 0 Å². The second-order valence-electron chi connectivity index (χ2n) is 7.71. The highest BCUT2D eigenvalue weighted by Crippen LogP contribution is 2.41. The Hall–Kier alpha value is -2.35. The summed E-state index contributed by atoms with van der Waals surface area (Å²) < 4.78 is 5.52. The van der Waals surface area contributed by atoms with Crippen molar-refractivity contribution in [3.05, 3.63) is 35.4 Å². The maximum atomic E-state index is 12.5. The maximum Gasteiger partial charge on any atom is 0.314 e. The summed E-state index contributed by atoms with van der Waals surface area (Å²) in [5.41, 5.74) is 0.122. The van der Waals surface area contributed by atoms with Gasteiger partial charge in [-0.3, -0.25) is 9.59 Å². The fraction of sp³-hybridized carbons (Fsp3) is 0.526. The zero-order valence-electron chi connectivity index (χ0n) is 14.8. The van der Waals surface area contributed by atoms with Crippen LogP contribution in [0.3, 0.4) is 0 Å². The van der Waals surface area contributed by atoms with Crippen molar-refractivity contribution in [2.24, 2.45) is 5.41 Å². The summed E-state index contributed by atoms with van der Waals surface area (Å²) in [6.45, 7) is 8.66. The molecule has 0 spiro atoms. The van der Waals surface area contributed by atoms with Crippen LogP contribution in [-0.2, 0) is 14.3 Å². The van der Waals surface area contributed by atoms with Crippen LogP contribution in [0.2, 0.25) is 0 Å². The Bertz CT molecular complexity index is 695. The molecule has 0 radical (unpaired) electrons. The van der Waals surface area contributed by atoms with E-state index in [1.807, 2.05) is 51.1 Å². The van der Waals surface area contributed by atoms with Gasteiger partial charge in [-0.05, 0) is 52.2 Å². The molecule has 1 aromatic rings. The summed E-state index contributed by atoms with van der Waals surface area (Å²) >= 11 is 0. The Balaban J connectivity index is 2.24. The molecule has 0 heterocycles. The summed E-state index contributed by atoms with van der Waals surface area (Å²) in [6.07, 6.45) is 0.446. The van der Waals surface area contributed by atoms with Gasteiger partial charge in [0.05, 0.1) is 18.0 Å². The lowest BCUT2D eigenvalue weighted by atomic mass is 9.94. The molecule has 1 N–H and O–H groups in total. The van der Waals surface area contributed by atoms with Crippen LogP contribution < -0.4 is 5.32 Å². The Labute approximate surface area is 143 Å². The molecule has 0 bridgehead atoms. The summed E-state index contributed by atoms with van der Waals surface area (Å²) in [4.78, 5) is 24.8. The lowest BCUT2D eigenvalue weighted by molar-refractivity contribution is -0.157. The topological polar surface area (TPSA) is 79.2 Å². The van der Waals surface area contributed by atoms with E-state index in [1.54, 1.807) is 13.8 Å². The number of carbonyl (C=O) groups is 2. The molecule has 1 amide bonds. The second kappa shape index (κ2) is 6.27. The average Bonchev–Trinajstić information content (AvgIpc) is 2.84. The van der Waals surface area contributed by atoms with Crippen molar-refractivity contribution in [2.75, 3.05) is 0 Å². The van der Waals surface area contributed by atoms with Gasteiger partial charge in [-0.15, -0.1) is 0 Å². The summed E-state index contributed by atoms with van der Waals surface area (Å²) in [5, 5.41) is 12.0. The van der Waals surface area contributed by atoms with Gasteiger partial charge in [0.25, 0.3) is 0 Å². The van der Waals surface area contributed by atoms with Gasteiger partial charge in [-0.1, -0.05) is 24.3 Å². The standard InChI is InChI=1S/C19H24N2O3/c1-18(2,3)24-16(22)14-10-15(13-9-7-6-8-12(13)14)21-17(23)19(4,5)11-20/h6-9,14-15H,10H2,1-5H3,(H,21,23). The van der Waals surface area contributed by atoms with Crippen molar-refractivity contribution in [2.45, 2.75) is 58.6 Å². The van der Waals surface area contributed by atoms with Crippen molar-refractivity contribution < 1.29 is 14.3 Å². The van der Waals surface area contributed by atoms with Gasteiger partial charge in [0.15, 0.2) is 0 Å². The molecule has 2 rings (SSSR count). The van der Waals surface area contributed by atoms with E-state index in [9.17, 15) is 9.59 Å². The number of esters is 1. The van der Waals surface area contributed by atoms with Crippen LogP contribution in [0, 0.1) is 16.7 Å². The van der Waals surface area contributed by atoms with Crippen molar-refractivity contribution in [3.63, 3.8) is 0 Å². The molecule has 24 heavy (non-hydrogen) atoms. The van der Waals surface area contributed by atoms with E-state index >= 15 is 0 Å². The highest BCUT2D eigenvalue weighted by atomic mass is 16.6. The number of nitrogens with zero attached hydrogens (tertiary/aromatic N) is 1. The number of nitrogens with one attached hydrogen (secondary N) is 1. The number of rotatable bonds is 3. The van der Waals surface area contributed by atoms with Crippen LogP contribution in [0.4, 0.5) is 0 Å². The van der Waals surface area contributed by atoms with Crippen LogP contribution >= 0.6 is 0 Å². The van der Waals surface area contributed by atoms with Crippen LogP contribution in [0.25, 0.3) is 0 Å². The molecule has 2 atom stereocenters. The zero-order chi connectivity index (χ0) is 18.1. The molecule has 0 fully saturated rings. The van der Waals surface area contributed by atoms with E-state index in [0.717, 1.165) is 11.1 Å². The molecule has 1 aliphatic carbocycles. The number of amides is 1. The number of nitriles is 1. The molecule has 5 heteroatoms. The first-order valence-corrected chi connectivity index (χ1v) is 8.09. The smallest absolute Gasteiger partial charge is 0.314 e. The summed E-state index contributed by atoms with van der Waals surface area (Å²) in [6, 6.07) is 9.26. The molecular formula is C19H24N2O3. The van der Waals surface area contributed by atoms with Gasteiger partial charge in [0.1, 0.15) is 11.0 Å². The van der Waals surface area contributed by atoms with Gasteiger partial charge in [-0.2, -0.15) is 5.26 Å². The van der Waals surface area contributed by atoms with Crippen LogP contribution in [0.15, 0.2) is 24.3 Å². The van der Waals surface area contributed by atoms with Crippen LogP contribution in [0.5, 0.6) is 0 Å². The molecule has 0 saturated heterocycles. The monoisotopic (exact) mass is 328 g/mol. The predicted molar refractivity (Wildman–Crippen MR) is 89.9 cm³/mol. The highest BCUT2D eigenvalue weighted by Gasteiger charge is 2.39. The molecule has 0 aliphatic heterocycles. The number of benzene rings is 1. The maximum absolute atomic E-state index is 12.5. The van der Waals surface area contributed by atoms with Crippen molar-refractivity contribution in [3.8, 4) is 6.07 Å². The first-order valence-electron chi connectivity index (χ1n) is 8.09. The molecule has 1 aliphatic rings. The SMILES string of the molecule is CC(C)(C)OC(=O)C1CC(NC(=O)C(C)(C)C#N)c2ccccc21. The first kappa shape index (κ1) is 18.0. The first-order chi connectivity index (χ1) is 11.0. The fourth-order valence-corrected chi connectivity index (χ4v) is 2.76. The van der Waals surface area contributed by atoms with Gasteiger partial charge in [-0.25, -0.2) is 0 Å². The second-order valence-corrected chi connectivity index (χ2v) is 7.71. The fourth-order valence-electron chi connectivity index (χ4n) is 2.76. The molecule has 0 saturated carbocycles. The number of carbonyl (C=O) groups excluding carboxylic acids is 2. The molecule has 5 nitrogen and oxygen atoms in total. The third-order valence-electron chi connectivity index (χ3n) is 4.06. The Morgan fingerprint density at radius 1 is 1.17 bits per heavy atom. The number of hydrogen-bond acceptors (Lipinski definition) is 4. The Morgan fingerprint density at radius 2 is 1.75 bits per heavy atom. The zero-order valence-corrected chi connectivity index (χ0v) is 14.8. The number of ether oxygens (including phenoxy) is 1. The van der Waals surface area contributed by atoms with Crippen molar-refractivity contribution >= 4 is 11.9 Å². The van der Waals surface area contributed by atoms with E-state index < -0.39 is 16.9 Å². The third kappa shape index (κ3) is 3.76. The highest BCUT2D eigenvalue weighted by molar-refractivity contribution is 5.86. The Morgan fingerprint density at radius 3 is 2.29 bits per heavy atom. The van der Waals surface area contributed by atoms with Gasteiger partial charge >= 0.3 is 5.97 Å². The van der Waals surface area contributed by atoms with Crippen molar-refractivity contribution in [1.29, 1.82) is 5.26 Å². The van der Waals surface area contributed by atoms with E-state index in [0.29, 0.717) is 6.42 Å². The molecular weight excluding hydrogens is 304 g/mol.